The number of nitrogens with zero attached hydrogens (tertiary/aromatic N) is 1. The van der Waals surface area contributed by atoms with Crippen LogP contribution in [0.15, 0.2) is 30.3 Å². The maximum Gasteiger partial charge on any atom is 0.157 e. The molecular formula is C18H25NO3. The summed E-state index contributed by atoms with van der Waals surface area (Å²) in [5, 5.41) is 0. The topological polar surface area (TPSA) is 30.9 Å². The molecule has 4 nitrogen and oxygen atoms in total. The maximum atomic E-state index is 6.09. The van der Waals surface area contributed by atoms with Gasteiger partial charge in [-0.2, -0.15) is 0 Å². The summed E-state index contributed by atoms with van der Waals surface area (Å²) in [5.74, 6) is 0. The number of rotatable bonds is 4. The second-order valence-electron chi connectivity index (χ2n) is 6.49. The second-order valence-corrected chi connectivity index (χ2v) is 6.49. The van der Waals surface area contributed by atoms with Crippen molar-refractivity contribution in [2.24, 2.45) is 0 Å². The van der Waals surface area contributed by atoms with Gasteiger partial charge in [0.05, 0.1) is 25.9 Å². The van der Waals surface area contributed by atoms with E-state index in [1.165, 1.54) is 18.4 Å². The van der Waals surface area contributed by atoms with E-state index in [1.54, 1.807) is 0 Å². The Kier molecular flexibility index (Phi) is 4.44. The standard InChI is InChI=1S/C18H25NO3/c1-2-5-14(6-3-1)16-13-22-17-8-4-7-15(19(16)17)9-10-18-20-11-12-21-18/h1-3,5-6,15-18H,4,7-13H2. The van der Waals surface area contributed by atoms with Crippen molar-refractivity contribution in [3.05, 3.63) is 35.9 Å². The Morgan fingerprint density at radius 3 is 2.59 bits per heavy atom. The monoisotopic (exact) mass is 303 g/mol. The third-order valence-electron chi connectivity index (χ3n) is 5.16. The van der Waals surface area contributed by atoms with E-state index in [1.807, 2.05) is 0 Å². The minimum Gasteiger partial charge on any atom is -0.361 e. The minimum absolute atomic E-state index is 0.0130. The summed E-state index contributed by atoms with van der Waals surface area (Å²) in [6.07, 6.45) is 6.13. The van der Waals surface area contributed by atoms with E-state index in [2.05, 4.69) is 35.2 Å². The molecule has 3 heterocycles. The Balaban J connectivity index is 1.46. The Labute approximate surface area is 132 Å². The van der Waals surface area contributed by atoms with Crippen LogP contribution in [-0.4, -0.2) is 43.3 Å². The molecular weight excluding hydrogens is 278 g/mol. The number of ether oxygens (including phenoxy) is 3. The number of hydrogen-bond donors (Lipinski definition) is 0. The van der Waals surface area contributed by atoms with Gasteiger partial charge in [0, 0.05) is 6.04 Å². The Bertz CT molecular complexity index is 474. The molecule has 0 radical (unpaired) electrons. The number of fused-ring (bicyclic) bond motifs is 1. The quantitative estimate of drug-likeness (QED) is 0.855. The normalized spacial score (nSPS) is 33.2. The number of hydrogen-bond acceptors (Lipinski definition) is 4. The van der Waals surface area contributed by atoms with Crippen molar-refractivity contribution >= 4 is 0 Å². The summed E-state index contributed by atoms with van der Waals surface area (Å²) in [6.45, 7) is 2.32. The van der Waals surface area contributed by atoms with Gasteiger partial charge in [0.25, 0.3) is 0 Å². The van der Waals surface area contributed by atoms with E-state index in [-0.39, 0.29) is 6.29 Å². The van der Waals surface area contributed by atoms with Crippen LogP contribution >= 0.6 is 0 Å². The van der Waals surface area contributed by atoms with E-state index in [9.17, 15) is 0 Å². The first-order chi connectivity index (χ1) is 10.9. The lowest BCUT2D eigenvalue weighted by atomic mass is 9.94. The zero-order valence-corrected chi connectivity index (χ0v) is 13.0. The van der Waals surface area contributed by atoms with Crippen LogP contribution in [0.25, 0.3) is 0 Å². The molecule has 3 saturated heterocycles. The summed E-state index contributed by atoms with van der Waals surface area (Å²) >= 11 is 0. The predicted octanol–water partition coefficient (Wildman–Crippen LogP) is 3.09. The van der Waals surface area contributed by atoms with E-state index in [0.29, 0.717) is 18.3 Å². The van der Waals surface area contributed by atoms with E-state index < -0.39 is 0 Å². The molecule has 0 bridgehead atoms. The molecule has 0 spiro atoms. The van der Waals surface area contributed by atoms with Crippen LogP contribution in [0.5, 0.6) is 0 Å². The average molecular weight is 303 g/mol. The lowest BCUT2D eigenvalue weighted by Crippen LogP contribution is -2.44. The van der Waals surface area contributed by atoms with Crippen LogP contribution in [0.2, 0.25) is 0 Å². The van der Waals surface area contributed by atoms with Crippen LogP contribution in [-0.2, 0) is 14.2 Å². The van der Waals surface area contributed by atoms with Crippen molar-refractivity contribution in [1.82, 2.24) is 4.90 Å². The summed E-state index contributed by atoms with van der Waals surface area (Å²) < 4.78 is 17.3. The van der Waals surface area contributed by atoms with Gasteiger partial charge in [-0.3, -0.25) is 4.90 Å². The van der Waals surface area contributed by atoms with Crippen molar-refractivity contribution in [2.45, 2.75) is 56.7 Å². The molecule has 4 rings (SSSR count). The van der Waals surface area contributed by atoms with Crippen LogP contribution < -0.4 is 0 Å². The van der Waals surface area contributed by atoms with Crippen molar-refractivity contribution < 1.29 is 14.2 Å². The highest BCUT2D eigenvalue weighted by molar-refractivity contribution is 5.20. The van der Waals surface area contributed by atoms with Crippen molar-refractivity contribution in [3.8, 4) is 0 Å². The third-order valence-corrected chi connectivity index (χ3v) is 5.16. The molecule has 1 aromatic rings. The van der Waals surface area contributed by atoms with Crippen LogP contribution in [0.4, 0.5) is 0 Å². The smallest absolute Gasteiger partial charge is 0.157 e. The Morgan fingerprint density at radius 2 is 1.77 bits per heavy atom. The van der Waals surface area contributed by atoms with Crippen molar-refractivity contribution in [3.63, 3.8) is 0 Å². The van der Waals surface area contributed by atoms with E-state index in [4.69, 9.17) is 14.2 Å². The van der Waals surface area contributed by atoms with Crippen LogP contribution in [0, 0.1) is 0 Å². The van der Waals surface area contributed by atoms with Gasteiger partial charge in [0.2, 0.25) is 0 Å². The van der Waals surface area contributed by atoms with Gasteiger partial charge >= 0.3 is 0 Å². The zero-order chi connectivity index (χ0) is 14.8. The fourth-order valence-electron chi connectivity index (χ4n) is 4.11. The van der Waals surface area contributed by atoms with Gasteiger partial charge < -0.3 is 14.2 Å². The van der Waals surface area contributed by atoms with Crippen molar-refractivity contribution in [2.75, 3.05) is 19.8 Å². The second kappa shape index (κ2) is 6.67. The zero-order valence-electron chi connectivity index (χ0n) is 13.0. The molecule has 0 aliphatic carbocycles. The molecule has 3 fully saturated rings. The van der Waals surface area contributed by atoms with Gasteiger partial charge in [-0.1, -0.05) is 30.3 Å². The summed E-state index contributed by atoms with van der Waals surface area (Å²) in [6, 6.07) is 11.8. The number of piperidine rings is 1. The van der Waals surface area contributed by atoms with E-state index in [0.717, 1.165) is 39.1 Å². The fraction of sp³-hybridized carbons (Fsp3) is 0.667. The lowest BCUT2D eigenvalue weighted by Gasteiger charge is -2.40. The summed E-state index contributed by atoms with van der Waals surface area (Å²) in [7, 11) is 0. The van der Waals surface area contributed by atoms with Gasteiger partial charge in [0.15, 0.2) is 6.29 Å². The van der Waals surface area contributed by atoms with Gasteiger partial charge in [-0.15, -0.1) is 0 Å². The minimum atomic E-state index is 0.0130. The Morgan fingerprint density at radius 1 is 0.955 bits per heavy atom. The van der Waals surface area contributed by atoms with Crippen molar-refractivity contribution in [1.29, 1.82) is 0 Å². The average Bonchev–Trinajstić information content (AvgIpc) is 3.23. The molecule has 1 aromatic carbocycles. The van der Waals surface area contributed by atoms with Crippen LogP contribution in [0.1, 0.15) is 43.7 Å². The molecule has 0 amide bonds. The third kappa shape index (κ3) is 2.93. The molecule has 3 atom stereocenters. The van der Waals surface area contributed by atoms with Gasteiger partial charge in [0.1, 0.15) is 6.23 Å². The largest absolute Gasteiger partial charge is 0.361 e. The number of benzene rings is 1. The molecule has 120 valence electrons. The highest BCUT2D eigenvalue weighted by atomic mass is 16.7. The maximum absolute atomic E-state index is 6.09. The first-order valence-electron chi connectivity index (χ1n) is 8.59. The molecule has 0 aromatic heterocycles. The summed E-state index contributed by atoms with van der Waals surface area (Å²) in [4.78, 5) is 2.62. The SMILES string of the molecule is c1ccc(C2COC3CCCC(CCC4OCCO4)N32)cc1. The summed E-state index contributed by atoms with van der Waals surface area (Å²) in [5.41, 5.74) is 1.38. The molecule has 3 unspecified atom stereocenters. The molecule has 22 heavy (non-hydrogen) atoms. The molecule has 0 saturated carbocycles. The van der Waals surface area contributed by atoms with Gasteiger partial charge in [-0.05, 0) is 37.7 Å². The highest BCUT2D eigenvalue weighted by Gasteiger charge is 2.42. The van der Waals surface area contributed by atoms with E-state index >= 15 is 0 Å². The molecule has 3 aliphatic rings. The predicted molar refractivity (Wildman–Crippen MR) is 83.3 cm³/mol. The molecule has 0 N–H and O–H groups in total. The fourth-order valence-corrected chi connectivity index (χ4v) is 4.11. The first-order valence-corrected chi connectivity index (χ1v) is 8.59. The first kappa shape index (κ1) is 14.6. The van der Waals surface area contributed by atoms with Gasteiger partial charge in [-0.25, -0.2) is 0 Å². The van der Waals surface area contributed by atoms with Crippen LogP contribution in [0.3, 0.4) is 0 Å². The highest BCUT2D eigenvalue weighted by Crippen LogP contribution is 2.40. The molecule has 4 heteroatoms. The lowest BCUT2D eigenvalue weighted by molar-refractivity contribution is -0.0650. The Hall–Kier alpha value is -0.940. The molecule has 3 aliphatic heterocycles.